The Morgan fingerprint density at radius 1 is 1.21 bits per heavy atom. The first-order valence-electron chi connectivity index (χ1n) is 7.96. The number of H-pyrrole nitrogens is 1. The van der Waals surface area contributed by atoms with Crippen LogP contribution in [0.2, 0.25) is 0 Å². The van der Waals surface area contributed by atoms with Gasteiger partial charge < -0.3 is 10.1 Å². The van der Waals surface area contributed by atoms with Crippen molar-refractivity contribution in [2.45, 2.75) is 39.2 Å². The molecule has 0 aliphatic rings. The van der Waals surface area contributed by atoms with Gasteiger partial charge in [0.15, 0.2) is 0 Å². The highest BCUT2D eigenvalue weighted by atomic mass is 16.6. The van der Waals surface area contributed by atoms with Crippen LogP contribution < -0.4 is 5.32 Å². The molecular formula is C18H23N3O3. The molecule has 1 aromatic heterocycles. The number of carbonyl (C=O) groups is 2. The molecule has 0 saturated carbocycles. The number of hydrogen-bond donors (Lipinski definition) is 2. The number of hydrogen-bond acceptors (Lipinski definition) is 4. The van der Waals surface area contributed by atoms with Crippen LogP contribution >= 0.6 is 0 Å². The molecule has 1 aromatic carbocycles. The summed E-state index contributed by atoms with van der Waals surface area (Å²) in [6, 6.07) is 11.3. The molecule has 1 amide bonds. The van der Waals surface area contributed by atoms with E-state index in [4.69, 9.17) is 4.74 Å². The van der Waals surface area contributed by atoms with E-state index in [1.54, 1.807) is 6.07 Å². The third-order valence-corrected chi connectivity index (χ3v) is 3.16. The Morgan fingerprint density at radius 2 is 1.92 bits per heavy atom. The van der Waals surface area contributed by atoms with Crippen molar-refractivity contribution in [3.05, 3.63) is 42.1 Å². The summed E-state index contributed by atoms with van der Waals surface area (Å²) < 4.78 is 5.21. The van der Waals surface area contributed by atoms with E-state index in [1.807, 2.05) is 51.1 Å². The van der Waals surface area contributed by atoms with Gasteiger partial charge in [0.1, 0.15) is 11.3 Å². The van der Waals surface area contributed by atoms with Crippen molar-refractivity contribution >= 4 is 11.9 Å². The smallest absolute Gasteiger partial charge is 0.306 e. The van der Waals surface area contributed by atoms with Crippen molar-refractivity contribution in [3.8, 4) is 11.3 Å². The number of ether oxygens (including phenoxy) is 1. The minimum absolute atomic E-state index is 0.242. The minimum atomic E-state index is -0.482. The first-order valence-corrected chi connectivity index (χ1v) is 7.96. The van der Waals surface area contributed by atoms with Crippen molar-refractivity contribution in [2.24, 2.45) is 0 Å². The molecule has 2 rings (SSSR count). The monoisotopic (exact) mass is 329 g/mol. The summed E-state index contributed by atoms with van der Waals surface area (Å²) in [7, 11) is 0. The molecule has 0 spiro atoms. The SMILES string of the molecule is CC(C)(C)OC(=O)CCCNC(=O)c1cc(-c2ccccc2)n[nH]1. The Hall–Kier alpha value is -2.63. The van der Waals surface area contributed by atoms with Crippen LogP contribution in [0.5, 0.6) is 0 Å². The highest BCUT2D eigenvalue weighted by molar-refractivity contribution is 5.93. The second kappa shape index (κ2) is 7.77. The van der Waals surface area contributed by atoms with Gasteiger partial charge in [0, 0.05) is 18.5 Å². The van der Waals surface area contributed by atoms with Crippen LogP contribution in [-0.4, -0.2) is 34.2 Å². The largest absolute Gasteiger partial charge is 0.460 e. The lowest BCUT2D eigenvalue weighted by molar-refractivity contribution is -0.154. The maximum atomic E-state index is 12.1. The quantitative estimate of drug-likeness (QED) is 0.630. The first-order chi connectivity index (χ1) is 11.3. The molecule has 0 unspecified atom stereocenters. The van der Waals surface area contributed by atoms with Crippen LogP contribution in [0, 0.1) is 0 Å². The van der Waals surface area contributed by atoms with Gasteiger partial charge in [0.25, 0.3) is 5.91 Å². The zero-order valence-corrected chi connectivity index (χ0v) is 14.3. The van der Waals surface area contributed by atoms with E-state index in [0.717, 1.165) is 11.3 Å². The molecule has 128 valence electrons. The highest BCUT2D eigenvalue weighted by Gasteiger charge is 2.16. The number of aromatic nitrogens is 2. The van der Waals surface area contributed by atoms with Crippen molar-refractivity contribution < 1.29 is 14.3 Å². The molecule has 1 heterocycles. The third-order valence-electron chi connectivity index (χ3n) is 3.16. The maximum absolute atomic E-state index is 12.1. The Morgan fingerprint density at radius 3 is 2.58 bits per heavy atom. The Bertz CT molecular complexity index is 687. The maximum Gasteiger partial charge on any atom is 0.306 e. The van der Waals surface area contributed by atoms with Crippen LogP contribution in [0.25, 0.3) is 11.3 Å². The number of carbonyl (C=O) groups excluding carboxylic acids is 2. The highest BCUT2D eigenvalue weighted by Crippen LogP contribution is 2.16. The minimum Gasteiger partial charge on any atom is -0.460 e. The fraction of sp³-hybridized carbons (Fsp3) is 0.389. The topological polar surface area (TPSA) is 84.1 Å². The zero-order valence-electron chi connectivity index (χ0n) is 14.3. The van der Waals surface area contributed by atoms with Gasteiger partial charge in [-0.25, -0.2) is 0 Å². The molecule has 0 bridgehead atoms. The summed E-state index contributed by atoms with van der Waals surface area (Å²) in [6.07, 6.45) is 0.802. The van der Waals surface area contributed by atoms with Gasteiger partial charge in [-0.2, -0.15) is 5.10 Å². The molecule has 0 atom stereocenters. The van der Waals surface area contributed by atoms with Gasteiger partial charge in [-0.05, 0) is 33.3 Å². The first kappa shape index (κ1) is 17.7. The van der Waals surface area contributed by atoms with Gasteiger partial charge in [0.2, 0.25) is 0 Å². The van der Waals surface area contributed by atoms with Gasteiger partial charge in [0.05, 0.1) is 5.69 Å². The predicted octanol–water partition coefficient (Wildman–Crippen LogP) is 2.93. The Kier molecular flexibility index (Phi) is 5.73. The van der Waals surface area contributed by atoms with E-state index in [2.05, 4.69) is 15.5 Å². The number of nitrogens with one attached hydrogen (secondary N) is 2. The van der Waals surface area contributed by atoms with Crippen molar-refractivity contribution in [1.82, 2.24) is 15.5 Å². The molecule has 2 aromatic rings. The molecule has 24 heavy (non-hydrogen) atoms. The number of rotatable bonds is 6. The Balaban J connectivity index is 1.77. The standard InChI is InChI=1S/C18H23N3O3/c1-18(2,3)24-16(22)10-7-11-19-17(23)15-12-14(20-21-15)13-8-5-4-6-9-13/h4-6,8-9,12H,7,10-11H2,1-3H3,(H,19,23)(H,20,21). The lowest BCUT2D eigenvalue weighted by atomic mass is 10.1. The second-order valence-corrected chi connectivity index (χ2v) is 6.48. The summed E-state index contributed by atoms with van der Waals surface area (Å²) in [5, 5.41) is 9.64. The molecule has 0 fully saturated rings. The van der Waals surface area contributed by atoms with E-state index in [1.165, 1.54) is 0 Å². The molecule has 2 N–H and O–H groups in total. The number of benzene rings is 1. The molecular weight excluding hydrogens is 306 g/mol. The van der Waals surface area contributed by atoms with Crippen LogP contribution in [-0.2, 0) is 9.53 Å². The average molecular weight is 329 g/mol. The summed E-state index contributed by atoms with van der Waals surface area (Å²) in [5.41, 5.74) is 1.57. The number of amides is 1. The molecule has 6 nitrogen and oxygen atoms in total. The van der Waals surface area contributed by atoms with Gasteiger partial charge in [-0.1, -0.05) is 30.3 Å². The third kappa shape index (κ3) is 5.53. The lowest BCUT2D eigenvalue weighted by Gasteiger charge is -2.19. The summed E-state index contributed by atoms with van der Waals surface area (Å²) >= 11 is 0. The van der Waals surface area contributed by atoms with Gasteiger partial charge >= 0.3 is 5.97 Å². The van der Waals surface area contributed by atoms with E-state index in [0.29, 0.717) is 18.7 Å². The normalized spacial score (nSPS) is 11.1. The van der Waals surface area contributed by atoms with Crippen LogP contribution in [0.4, 0.5) is 0 Å². The summed E-state index contributed by atoms with van der Waals surface area (Å²) in [6.45, 7) is 5.89. The second-order valence-electron chi connectivity index (χ2n) is 6.48. The average Bonchev–Trinajstić information content (AvgIpc) is 3.00. The van der Waals surface area contributed by atoms with Crippen molar-refractivity contribution in [1.29, 1.82) is 0 Å². The Labute approximate surface area is 141 Å². The van der Waals surface area contributed by atoms with Gasteiger partial charge in [-0.3, -0.25) is 14.7 Å². The molecule has 6 heteroatoms. The van der Waals surface area contributed by atoms with E-state index >= 15 is 0 Å². The number of aromatic amines is 1. The van der Waals surface area contributed by atoms with E-state index in [9.17, 15) is 9.59 Å². The summed E-state index contributed by atoms with van der Waals surface area (Å²) in [4.78, 5) is 23.6. The fourth-order valence-electron chi connectivity index (χ4n) is 2.12. The summed E-state index contributed by atoms with van der Waals surface area (Å²) in [5.74, 6) is -0.501. The van der Waals surface area contributed by atoms with E-state index in [-0.39, 0.29) is 18.3 Å². The molecule has 0 aliphatic carbocycles. The molecule has 0 radical (unpaired) electrons. The van der Waals surface area contributed by atoms with Crippen LogP contribution in [0.3, 0.4) is 0 Å². The number of esters is 1. The van der Waals surface area contributed by atoms with Crippen molar-refractivity contribution in [2.75, 3.05) is 6.54 Å². The molecule has 0 saturated heterocycles. The number of nitrogens with zero attached hydrogens (tertiary/aromatic N) is 1. The van der Waals surface area contributed by atoms with E-state index < -0.39 is 5.60 Å². The van der Waals surface area contributed by atoms with Crippen LogP contribution in [0.1, 0.15) is 44.1 Å². The zero-order chi connectivity index (χ0) is 17.6. The fourth-order valence-corrected chi connectivity index (χ4v) is 2.12. The lowest BCUT2D eigenvalue weighted by Crippen LogP contribution is -2.27. The van der Waals surface area contributed by atoms with Gasteiger partial charge in [-0.15, -0.1) is 0 Å². The van der Waals surface area contributed by atoms with Crippen LogP contribution in [0.15, 0.2) is 36.4 Å². The predicted molar refractivity (Wildman–Crippen MR) is 91.4 cm³/mol. The van der Waals surface area contributed by atoms with Crippen molar-refractivity contribution in [3.63, 3.8) is 0 Å². The molecule has 0 aliphatic heterocycles.